The molecule has 0 saturated carbocycles. The van der Waals surface area contributed by atoms with Gasteiger partial charge < -0.3 is 15.1 Å². The summed E-state index contributed by atoms with van der Waals surface area (Å²) >= 11 is 0. The van der Waals surface area contributed by atoms with Crippen molar-refractivity contribution < 1.29 is 9.18 Å². The molecule has 0 aliphatic carbocycles. The number of rotatable bonds is 4. The van der Waals surface area contributed by atoms with Crippen molar-refractivity contribution in [3.63, 3.8) is 0 Å². The van der Waals surface area contributed by atoms with Crippen LogP contribution in [0.1, 0.15) is 5.56 Å². The molecule has 1 N–H and O–H groups in total. The van der Waals surface area contributed by atoms with Crippen LogP contribution in [0, 0.1) is 5.82 Å². The molecule has 0 radical (unpaired) electrons. The quantitative estimate of drug-likeness (QED) is 0.869. The summed E-state index contributed by atoms with van der Waals surface area (Å²) < 4.78 is 12.9. The maximum atomic E-state index is 12.9. The fraction of sp³-hybridized carbons (Fsp3) is 0.250. The smallest absolute Gasteiger partial charge is 0.248 e. The zero-order valence-electron chi connectivity index (χ0n) is 14.3. The molecule has 1 aliphatic rings. The first-order chi connectivity index (χ1) is 12.1. The van der Waals surface area contributed by atoms with E-state index in [4.69, 9.17) is 0 Å². The summed E-state index contributed by atoms with van der Waals surface area (Å²) in [6.45, 7) is 4.16. The lowest BCUT2D eigenvalue weighted by atomic mass is 10.2. The highest BCUT2D eigenvalue weighted by Crippen LogP contribution is 2.19. The van der Waals surface area contributed by atoms with Gasteiger partial charge in [-0.05, 0) is 55.1 Å². The monoisotopic (exact) mass is 339 g/mol. The molecule has 1 amide bonds. The van der Waals surface area contributed by atoms with Gasteiger partial charge in [0.25, 0.3) is 0 Å². The molecule has 1 fully saturated rings. The van der Waals surface area contributed by atoms with Crippen molar-refractivity contribution in [2.45, 2.75) is 0 Å². The maximum absolute atomic E-state index is 12.9. The standard InChI is InChI=1S/C20H22FN3O/c1-23-12-14-24(15-13-23)19-9-7-18(8-10-19)22-20(25)11-4-16-2-5-17(21)6-3-16/h2-11H,12-15H2,1H3,(H,22,25)/b11-4+. The largest absolute Gasteiger partial charge is 0.369 e. The predicted octanol–water partition coefficient (Wildman–Crippen LogP) is 3.23. The number of nitrogens with zero attached hydrogens (tertiary/aromatic N) is 2. The predicted molar refractivity (Wildman–Crippen MR) is 100 cm³/mol. The van der Waals surface area contributed by atoms with Crippen LogP contribution in [0.3, 0.4) is 0 Å². The van der Waals surface area contributed by atoms with Crippen LogP contribution in [0.25, 0.3) is 6.08 Å². The van der Waals surface area contributed by atoms with Crippen molar-refractivity contribution in [2.75, 3.05) is 43.4 Å². The molecule has 0 atom stereocenters. The van der Waals surface area contributed by atoms with Gasteiger partial charge in [-0.1, -0.05) is 12.1 Å². The van der Waals surface area contributed by atoms with Crippen molar-refractivity contribution in [3.05, 3.63) is 66.0 Å². The molecule has 0 spiro atoms. The van der Waals surface area contributed by atoms with Gasteiger partial charge in [0.2, 0.25) is 5.91 Å². The number of amides is 1. The van der Waals surface area contributed by atoms with E-state index in [-0.39, 0.29) is 11.7 Å². The maximum Gasteiger partial charge on any atom is 0.248 e. The molecular formula is C20H22FN3O. The van der Waals surface area contributed by atoms with Crippen molar-refractivity contribution >= 4 is 23.4 Å². The van der Waals surface area contributed by atoms with Crippen LogP contribution in [-0.4, -0.2) is 44.0 Å². The minimum Gasteiger partial charge on any atom is -0.369 e. The molecule has 2 aromatic rings. The van der Waals surface area contributed by atoms with E-state index < -0.39 is 0 Å². The third kappa shape index (κ3) is 4.90. The average molecular weight is 339 g/mol. The molecule has 1 saturated heterocycles. The number of halogens is 1. The molecule has 0 bridgehead atoms. The first kappa shape index (κ1) is 17.2. The highest BCUT2D eigenvalue weighted by molar-refractivity contribution is 6.02. The molecule has 25 heavy (non-hydrogen) atoms. The van der Waals surface area contributed by atoms with Gasteiger partial charge in [-0.15, -0.1) is 0 Å². The second-order valence-electron chi connectivity index (χ2n) is 6.21. The highest BCUT2D eigenvalue weighted by Gasteiger charge is 2.13. The second-order valence-corrected chi connectivity index (χ2v) is 6.21. The van der Waals surface area contributed by atoms with Gasteiger partial charge in [0.1, 0.15) is 5.82 Å². The molecule has 5 heteroatoms. The number of piperazine rings is 1. The van der Waals surface area contributed by atoms with Gasteiger partial charge >= 0.3 is 0 Å². The molecule has 4 nitrogen and oxygen atoms in total. The third-order valence-corrected chi connectivity index (χ3v) is 4.30. The van der Waals surface area contributed by atoms with E-state index in [1.165, 1.54) is 23.9 Å². The van der Waals surface area contributed by atoms with Gasteiger partial charge in [-0.3, -0.25) is 4.79 Å². The Morgan fingerprint density at radius 2 is 1.64 bits per heavy atom. The zero-order valence-corrected chi connectivity index (χ0v) is 14.3. The minimum atomic E-state index is -0.290. The third-order valence-electron chi connectivity index (χ3n) is 4.30. The van der Waals surface area contributed by atoms with E-state index in [0.29, 0.717) is 0 Å². The van der Waals surface area contributed by atoms with Gasteiger partial charge in [-0.2, -0.15) is 0 Å². The number of hydrogen-bond acceptors (Lipinski definition) is 3. The minimum absolute atomic E-state index is 0.211. The van der Waals surface area contributed by atoms with Crippen molar-refractivity contribution in [1.82, 2.24) is 4.90 Å². The van der Waals surface area contributed by atoms with E-state index in [2.05, 4.69) is 22.2 Å². The van der Waals surface area contributed by atoms with E-state index in [9.17, 15) is 9.18 Å². The summed E-state index contributed by atoms with van der Waals surface area (Å²) in [6.07, 6.45) is 3.11. The molecular weight excluding hydrogens is 317 g/mol. The normalized spacial score (nSPS) is 15.5. The summed E-state index contributed by atoms with van der Waals surface area (Å²) in [5, 5.41) is 2.83. The van der Waals surface area contributed by atoms with E-state index >= 15 is 0 Å². The topological polar surface area (TPSA) is 35.6 Å². The molecule has 3 rings (SSSR count). The van der Waals surface area contributed by atoms with Crippen LogP contribution in [0.5, 0.6) is 0 Å². The van der Waals surface area contributed by atoms with Gasteiger partial charge in [-0.25, -0.2) is 4.39 Å². The summed E-state index contributed by atoms with van der Waals surface area (Å²) in [5.41, 5.74) is 2.71. The molecule has 130 valence electrons. The van der Waals surface area contributed by atoms with Crippen LogP contribution in [0.15, 0.2) is 54.6 Å². The summed E-state index contributed by atoms with van der Waals surface area (Å²) in [6, 6.07) is 13.9. The molecule has 2 aromatic carbocycles. The number of anilines is 2. The number of likely N-dealkylation sites (N-methyl/N-ethyl adjacent to an activating group) is 1. The number of carbonyl (C=O) groups is 1. The number of hydrogen-bond donors (Lipinski definition) is 1. The Labute approximate surface area is 147 Å². The average Bonchev–Trinajstić information content (AvgIpc) is 2.63. The Hall–Kier alpha value is -2.66. The van der Waals surface area contributed by atoms with Crippen LogP contribution in [0.4, 0.5) is 15.8 Å². The number of benzene rings is 2. The molecule has 1 aliphatic heterocycles. The zero-order chi connectivity index (χ0) is 17.6. The van der Waals surface area contributed by atoms with Crippen LogP contribution < -0.4 is 10.2 Å². The second kappa shape index (κ2) is 7.94. The van der Waals surface area contributed by atoms with E-state index in [0.717, 1.165) is 37.4 Å². The van der Waals surface area contributed by atoms with Gasteiger partial charge in [0.15, 0.2) is 0 Å². The Kier molecular flexibility index (Phi) is 5.46. The molecule has 0 aromatic heterocycles. The molecule has 0 unspecified atom stereocenters. The Morgan fingerprint density at radius 1 is 1.00 bits per heavy atom. The lowest BCUT2D eigenvalue weighted by Crippen LogP contribution is -2.44. The highest BCUT2D eigenvalue weighted by atomic mass is 19.1. The summed E-state index contributed by atoms with van der Waals surface area (Å²) in [7, 11) is 2.13. The first-order valence-electron chi connectivity index (χ1n) is 8.38. The van der Waals surface area contributed by atoms with E-state index in [1.54, 1.807) is 18.2 Å². The van der Waals surface area contributed by atoms with Gasteiger partial charge in [0, 0.05) is 43.6 Å². The summed E-state index contributed by atoms with van der Waals surface area (Å²) in [5.74, 6) is -0.501. The SMILES string of the molecule is CN1CCN(c2ccc(NC(=O)/C=C/c3ccc(F)cc3)cc2)CC1. The van der Waals surface area contributed by atoms with Crippen molar-refractivity contribution in [3.8, 4) is 0 Å². The van der Waals surface area contributed by atoms with E-state index in [1.807, 2.05) is 24.3 Å². The Morgan fingerprint density at radius 3 is 2.28 bits per heavy atom. The lowest BCUT2D eigenvalue weighted by molar-refractivity contribution is -0.111. The summed E-state index contributed by atoms with van der Waals surface area (Å²) in [4.78, 5) is 16.7. The molecule has 1 heterocycles. The van der Waals surface area contributed by atoms with Crippen LogP contribution in [0.2, 0.25) is 0 Å². The van der Waals surface area contributed by atoms with Crippen LogP contribution in [-0.2, 0) is 4.79 Å². The number of carbonyl (C=O) groups excluding carboxylic acids is 1. The first-order valence-corrected chi connectivity index (χ1v) is 8.38. The van der Waals surface area contributed by atoms with Crippen molar-refractivity contribution in [1.29, 1.82) is 0 Å². The van der Waals surface area contributed by atoms with Gasteiger partial charge in [0.05, 0.1) is 0 Å². The number of nitrogens with one attached hydrogen (secondary N) is 1. The Bertz CT molecular complexity index is 733. The lowest BCUT2D eigenvalue weighted by Gasteiger charge is -2.34. The fourth-order valence-electron chi connectivity index (χ4n) is 2.75. The van der Waals surface area contributed by atoms with Crippen molar-refractivity contribution in [2.24, 2.45) is 0 Å². The fourth-order valence-corrected chi connectivity index (χ4v) is 2.75. The Balaban J connectivity index is 1.55. The van der Waals surface area contributed by atoms with Crippen LogP contribution >= 0.6 is 0 Å².